The molecule has 2 aromatic carbocycles. The van der Waals surface area contributed by atoms with E-state index in [4.69, 9.17) is 4.74 Å². The predicted molar refractivity (Wildman–Crippen MR) is 115 cm³/mol. The highest BCUT2D eigenvalue weighted by molar-refractivity contribution is 9.11. The molecule has 1 N–H and O–H groups in total. The monoisotopic (exact) mass is 494 g/mol. The van der Waals surface area contributed by atoms with Gasteiger partial charge in [0.1, 0.15) is 5.75 Å². The van der Waals surface area contributed by atoms with Crippen molar-refractivity contribution in [3.8, 4) is 5.75 Å². The minimum Gasteiger partial charge on any atom is -0.482 e. The molecule has 0 atom stereocenters. The van der Waals surface area contributed by atoms with Crippen molar-refractivity contribution in [3.05, 3.63) is 62.5 Å². The Morgan fingerprint density at radius 3 is 2.56 bits per heavy atom. The van der Waals surface area contributed by atoms with Gasteiger partial charge in [0.15, 0.2) is 6.61 Å². The normalized spacial score (nSPS) is 15.5. The number of rotatable bonds is 6. The van der Waals surface area contributed by atoms with E-state index in [9.17, 15) is 4.79 Å². The molecule has 1 aliphatic rings. The number of piperidine rings is 1. The third-order valence-electron chi connectivity index (χ3n) is 4.74. The SMILES string of the molecule is Cc1cc(Br)cc(Br)c1OCC(=O)NC1CCN(Cc2ccccc2)CC1. The van der Waals surface area contributed by atoms with E-state index in [0.29, 0.717) is 5.75 Å². The summed E-state index contributed by atoms with van der Waals surface area (Å²) in [6, 6.07) is 14.6. The van der Waals surface area contributed by atoms with Gasteiger partial charge in [-0.2, -0.15) is 0 Å². The van der Waals surface area contributed by atoms with E-state index in [1.54, 1.807) is 0 Å². The minimum atomic E-state index is -0.0641. The molecule has 3 rings (SSSR count). The van der Waals surface area contributed by atoms with E-state index >= 15 is 0 Å². The Balaban J connectivity index is 1.42. The van der Waals surface area contributed by atoms with Crippen LogP contribution < -0.4 is 10.1 Å². The molecule has 6 heteroatoms. The molecule has 0 bridgehead atoms. The Hall–Kier alpha value is -1.37. The molecule has 0 saturated carbocycles. The number of halogens is 2. The Morgan fingerprint density at radius 2 is 1.89 bits per heavy atom. The van der Waals surface area contributed by atoms with Crippen molar-refractivity contribution in [1.29, 1.82) is 0 Å². The zero-order valence-electron chi connectivity index (χ0n) is 15.4. The summed E-state index contributed by atoms with van der Waals surface area (Å²) < 4.78 is 7.56. The summed E-state index contributed by atoms with van der Waals surface area (Å²) >= 11 is 6.94. The van der Waals surface area contributed by atoms with E-state index in [1.807, 2.05) is 25.1 Å². The van der Waals surface area contributed by atoms with Crippen LogP contribution in [0.4, 0.5) is 0 Å². The zero-order chi connectivity index (χ0) is 19.2. The van der Waals surface area contributed by atoms with Crippen LogP contribution in [0.3, 0.4) is 0 Å². The number of nitrogens with zero attached hydrogens (tertiary/aromatic N) is 1. The lowest BCUT2D eigenvalue weighted by Crippen LogP contribution is -2.45. The minimum absolute atomic E-state index is 0.0330. The summed E-state index contributed by atoms with van der Waals surface area (Å²) in [5.41, 5.74) is 2.32. The number of carbonyl (C=O) groups excluding carboxylic acids is 1. The number of ether oxygens (including phenoxy) is 1. The number of hydrogen-bond acceptors (Lipinski definition) is 3. The summed E-state index contributed by atoms with van der Waals surface area (Å²) in [4.78, 5) is 14.7. The molecule has 144 valence electrons. The summed E-state index contributed by atoms with van der Waals surface area (Å²) in [6.45, 7) is 4.97. The first-order valence-electron chi connectivity index (χ1n) is 9.15. The van der Waals surface area contributed by atoms with Gasteiger partial charge in [0, 0.05) is 30.1 Å². The van der Waals surface area contributed by atoms with Gasteiger partial charge >= 0.3 is 0 Å². The lowest BCUT2D eigenvalue weighted by molar-refractivity contribution is -0.124. The molecule has 0 spiro atoms. The van der Waals surface area contributed by atoms with E-state index in [1.165, 1.54) is 5.56 Å². The number of likely N-dealkylation sites (tertiary alicyclic amines) is 1. The quantitative estimate of drug-likeness (QED) is 0.632. The Morgan fingerprint density at radius 1 is 1.19 bits per heavy atom. The predicted octanol–water partition coefficient (Wildman–Crippen LogP) is 4.68. The molecule has 2 aromatic rings. The fourth-order valence-electron chi connectivity index (χ4n) is 3.36. The van der Waals surface area contributed by atoms with Crippen molar-refractivity contribution in [2.75, 3.05) is 19.7 Å². The molecule has 0 radical (unpaired) electrons. The van der Waals surface area contributed by atoms with E-state index in [0.717, 1.165) is 47.0 Å². The Labute approximate surface area is 177 Å². The van der Waals surface area contributed by atoms with Gasteiger partial charge in [0.05, 0.1) is 4.47 Å². The molecule has 4 nitrogen and oxygen atoms in total. The molecule has 1 aliphatic heterocycles. The van der Waals surface area contributed by atoms with Crippen LogP contribution >= 0.6 is 31.9 Å². The van der Waals surface area contributed by atoms with Gasteiger partial charge in [-0.25, -0.2) is 0 Å². The Kier molecular flexibility index (Phi) is 7.33. The second kappa shape index (κ2) is 9.71. The maximum absolute atomic E-state index is 12.3. The van der Waals surface area contributed by atoms with Crippen LogP contribution in [0, 0.1) is 6.92 Å². The first kappa shape index (κ1) is 20.4. The third-order valence-corrected chi connectivity index (χ3v) is 5.79. The molecule has 1 amide bonds. The highest BCUT2D eigenvalue weighted by Gasteiger charge is 2.21. The van der Waals surface area contributed by atoms with Gasteiger partial charge in [-0.3, -0.25) is 9.69 Å². The van der Waals surface area contributed by atoms with Crippen LogP contribution in [0.15, 0.2) is 51.4 Å². The average Bonchev–Trinajstić information content (AvgIpc) is 2.63. The van der Waals surface area contributed by atoms with Gasteiger partial charge < -0.3 is 10.1 Å². The van der Waals surface area contributed by atoms with Crippen molar-refractivity contribution in [2.45, 2.75) is 32.4 Å². The largest absolute Gasteiger partial charge is 0.482 e. The number of amides is 1. The van der Waals surface area contributed by atoms with E-state index < -0.39 is 0 Å². The second-order valence-corrected chi connectivity index (χ2v) is 8.70. The van der Waals surface area contributed by atoms with Gasteiger partial charge in [-0.1, -0.05) is 46.3 Å². The highest BCUT2D eigenvalue weighted by atomic mass is 79.9. The number of nitrogens with one attached hydrogen (secondary N) is 1. The number of carbonyl (C=O) groups is 1. The molecule has 1 heterocycles. The summed E-state index contributed by atoms with van der Waals surface area (Å²) in [5, 5.41) is 3.11. The van der Waals surface area contributed by atoms with E-state index in [2.05, 4.69) is 66.3 Å². The van der Waals surface area contributed by atoms with Gasteiger partial charge in [0.2, 0.25) is 0 Å². The summed E-state index contributed by atoms with van der Waals surface area (Å²) in [7, 11) is 0. The summed E-state index contributed by atoms with van der Waals surface area (Å²) in [5.74, 6) is 0.650. The maximum atomic E-state index is 12.3. The molecule has 1 fully saturated rings. The number of benzene rings is 2. The van der Waals surface area contributed by atoms with Crippen LogP contribution in [0.1, 0.15) is 24.0 Å². The first-order chi connectivity index (χ1) is 13.0. The molecular formula is C21H24Br2N2O2. The zero-order valence-corrected chi connectivity index (χ0v) is 18.6. The second-order valence-electron chi connectivity index (χ2n) is 6.93. The lowest BCUT2D eigenvalue weighted by Gasteiger charge is -2.32. The average molecular weight is 496 g/mol. The topological polar surface area (TPSA) is 41.6 Å². The van der Waals surface area contributed by atoms with Crippen LogP contribution in [-0.4, -0.2) is 36.5 Å². The number of aryl methyl sites for hydroxylation is 1. The number of hydrogen-bond donors (Lipinski definition) is 1. The smallest absolute Gasteiger partial charge is 0.258 e. The van der Waals surface area contributed by atoms with Gasteiger partial charge in [-0.15, -0.1) is 0 Å². The van der Waals surface area contributed by atoms with Crippen molar-refractivity contribution >= 4 is 37.8 Å². The fourth-order valence-corrected chi connectivity index (χ4v) is 4.91. The first-order valence-corrected chi connectivity index (χ1v) is 10.7. The molecule has 0 aromatic heterocycles. The maximum Gasteiger partial charge on any atom is 0.258 e. The third kappa shape index (κ3) is 6.06. The van der Waals surface area contributed by atoms with Gasteiger partial charge in [-0.05, 0) is 59.0 Å². The van der Waals surface area contributed by atoms with Crippen molar-refractivity contribution in [3.63, 3.8) is 0 Å². The van der Waals surface area contributed by atoms with Crippen LogP contribution in [0.5, 0.6) is 5.75 Å². The van der Waals surface area contributed by atoms with Crippen LogP contribution in [0.25, 0.3) is 0 Å². The fraction of sp³-hybridized carbons (Fsp3) is 0.381. The van der Waals surface area contributed by atoms with Crippen LogP contribution in [-0.2, 0) is 11.3 Å². The Bertz CT molecular complexity index is 752. The molecule has 0 unspecified atom stereocenters. The van der Waals surface area contributed by atoms with E-state index in [-0.39, 0.29) is 18.6 Å². The molecule has 1 saturated heterocycles. The molecular weight excluding hydrogens is 472 g/mol. The lowest BCUT2D eigenvalue weighted by atomic mass is 10.0. The van der Waals surface area contributed by atoms with Crippen molar-refractivity contribution in [2.24, 2.45) is 0 Å². The molecule has 0 aliphatic carbocycles. The molecule has 27 heavy (non-hydrogen) atoms. The van der Waals surface area contributed by atoms with Crippen LogP contribution in [0.2, 0.25) is 0 Å². The highest BCUT2D eigenvalue weighted by Crippen LogP contribution is 2.32. The van der Waals surface area contributed by atoms with Crippen molar-refractivity contribution in [1.82, 2.24) is 10.2 Å². The summed E-state index contributed by atoms with van der Waals surface area (Å²) in [6.07, 6.45) is 1.94. The standard InChI is InChI=1S/C21H24Br2N2O2/c1-15-11-17(22)12-19(23)21(15)27-14-20(26)24-18-7-9-25(10-8-18)13-16-5-3-2-4-6-16/h2-6,11-12,18H,7-10,13-14H2,1H3,(H,24,26). The van der Waals surface area contributed by atoms with Gasteiger partial charge in [0.25, 0.3) is 5.91 Å². The van der Waals surface area contributed by atoms with Crippen molar-refractivity contribution < 1.29 is 9.53 Å².